The van der Waals surface area contributed by atoms with E-state index in [2.05, 4.69) is 0 Å². The molecule has 0 aliphatic rings. The van der Waals surface area contributed by atoms with Crippen molar-refractivity contribution in [1.82, 2.24) is 0 Å². The van der Waals surface area contributed by atoms with Crippen LogP contribution in [0.3, 0.4) is 0 Å². The maximum absolute atomic E-state index is 10.9. The SMILES string of the molecule is Cc1c(OCC(C)(C)O)cccc1C(=O)O. The van der Waals surface area contributed by atoms with Gasteiger partial charge in [-0.3, -0.25) is 0 Å². The number of benzene rings is 1. The molecule has 1 aromatic rings. The maximum atomic E-state index is 10.9. The van der Waals surface area contributed by atoms with Crippen LogP contribution in [0.4, 0.5) is 0 Å². The fourth-order valence-electron chi connectivity index (χ4n) is 1.26. The number of carboxylic acid groups (broad SMARTS) is 1. The first kappa shape index (κ1) is 12.5. The molecule has 0 aliphatic carbocycles. The lowest BCUT2D eigenvalue weighted by Crippen LogP contribution is -2.28. The predicted octanol–water partition coefficient (Wildman–Crippen LogP) is 1.84. The molecule has 0 bridgehead atoms. The predicted molar refractivity (Wildman–Crippen MR) is 59.9 cm³/mol. The summed E-state index contributed by atoms with van der Waals surface area (Å²) in [5, 5.41) is 18.4. The summed E-state index contributed by atoms with van der Waals surface area (Å²) in [7, 11) is 0. The molecule has 16 heavy (non-hydrogen) atoms. The van der Waals surface area contributed by atoms with Gasteiger partial charge in [0.15, 0.2) is 0 Å². The molecule has 88 valence electrons. The van der Waals surface area contributed by atoms with E-state index in [4.69, 9.17) is 9.84 Å². The minimum absolute atomic E-state index is 0.122. The summed E-state index contributed by atoms with van der Waals surface area (Å²) in [6, 6.07) is 4.83. The van der Waals surface area contributed by atoms with Gasteiger partial charge in [-0.05, 0) is 32.9 Å². The monoisotopic (exact) mass is 224 g/mol. The summed E-state index contributed by atoms with van der Waals surface area (Å²) in [6.07, 6.45) is 0. The van der Waals surface area contributed by atoms with Gasteiger partial charge >= 0.3 is 5.97 Å². The molecule has 0 radical (unpaired) electrons. The van der Waals surface area contributed by atoms with Crippen molar-refractivity contribution in [3.8, 4) is 5.75 Å². The van der Waals surface area contributed by atoms with Gasteiger partial charge in [-0.25, -0.2) is 4.79 Å². The molecule has 0 unspecified atom stereocenters. The Morgan fingerprint density at radius 2 is 2.06 bits per heavy atom. The highest BCUT2D eigenvalue weighted by atomic mass is 16.5. The zero-order valence-corrected chi connectivity index (χ0v) is 9.65. The number of ether oxygens (including phenoxy) is 1. The van der Waals surface area contributed by atoms with Crippen LogP contribution in [0, 0.1) is 6.92 Å². The molecule has 0 amide bonds. The molecule has 0 aliphatic heterocycles. The van der Waals surface area contributed by atoms with E-state index in [0.717, 1.165) is 0 Å². The van der Waals surface area contributed by atoms with Crippen molar-refractivity contribution in [2.45, 2.75) is 26.4 Å². The first-order valence-electron chi connectivity index (χ1n) is 4.99. The van der Waals surface area contributed by atoms with E-state index in [9.17, 15) is 9.90 Å². The van der Waals surface area contributed by atoms with Gasteiger partial charge in [-0.15, -0.1) is 0 Å². The molecule has 0 saturated heterocycles. The van der Waals surface area contributed by atoms with Crippen LogP contribution in [0.2, 0.25) is 0 Å². The van der Waals surface area contributed by atoms with Crippen molar-refractivity contribution < 1.29 is 19.7 Å². The Morgan fingerprint density at radius 3 is 2.56 bits per heavy atom. The molecule has 2 N–H and O–H groups in total. The molecule has 1 aromatic carbocycles. The topological polar surface area (TPSA) is 66.8 Å². The summed E-state index contributed by atoms with van der Waals surface area (Å²) < 4.78 is 5.38. The van der Waals surface area contributed by atoms with E-state index >= 15 is 0 Å². The third-order valence-corrected chi connectivity index (χ3v) is 2.10. The Labute approximate surface area is 94.5 Å². The van der Waals surface area contributed by atoms with Crippen molar-refractivity contribution in [2.24, 2.45) is 0 Å². The Balaban J connectivity index is 2.90. The lowest BCUT2D eigenvalue weighted by atomic mass is 10.1. The van der Waals surface area contributed by atoms with E-state index in [1.165, 1.54) is 6.07 Å². The zero-order valence-electron chi connectivity index (χ0n) is 9.65. The second kappa shape index (κ2) is 4.53. The fraction of sp³-hybridized carbons (Fsp3) is 0.417. The summed E-state index contributed by atoms with van der Waals surface area (Å²) in [4.78, 5) is 10.9. The molecule has 0 saturated carbocycles. The van der Waals surface area contributed by atoms with Crippen molar-refractivity contribution >= 4 is 5.97 Å². The summed E-state index contributed by atoms with van der Waals surface area (Å²) in [6.45, 7) is 5.06. The standard InChI is InChI=1S/C12H16O4/c1-8-9(11(13)14)5-4-6-10(8)16-7-12(2,3)15/h4-6,15H,7H2,1-3H3,(H,13,14). The van der Waals surface area contributed by atoms with Crippen LogP contribution in [0.1, 0.15) is 29.8 Å². The fourth-order valence-corrected chi connectivity index (χ4v) is 1.26. The van der Waals surface area contributed by atoms with Crippen LogP contribution in [0.25, 0.3) is 0 Å². The number of carbonyl (C=O) groups is 1. The first-order chi connectivity index (χ1) is 7.31. The quantitative estimate of drug-likeness (QED) is 0.819. The molecule has 0 atom stereocenters. The molecular weight excluding hydrogens is 208 g/mol. The molecule has 0 aromatic heterocycles. The van der Waals surface area contributed by atoms with E-state index in [1.807, 2.05) is 0 Å². The smallest absolute Gasteiger partial charge is 0.336 e. The molecule has 0 fully saturated rings. The van der Waals surface area contributed by atoms with Gasteiger partial charge < -0.3 is 14.9 Å². The Bertz CT molecular complexity index is 390. The van der Waals surface area contributed by atoms with Crippen LogP contribution >= 0.6 is 0 Å². The third-order valence-electron chi connectivity index (χ3n) is 2.10. The largest absolute Gasteiger partial charge is 0.490 e. The number of carboxylic acids is 1. The normalized spacial score (nSPS) is 11.2. The van der Waals surface area contributed by atoms with E-state index in [0.29, 0.717) is 11.3 Å². The lowest BCUT2D eigenvalue weighted by molar-refractivity contribution is 0.0282. The molecule has 4 nitrogen and oxygen atoms in total. The molecule has 0 heterocycles. The number of hydrogen-bond donors (Lipinski definition) is 2. The van der Waals surface area contributed by atoms with Crippen LogP contribution in [0.5, 0.6) is 5.75 Å². The van der Waals surface area contributed by atoms with Crippen molar-refractivity contribution in [1.29, 1.82) is 0 Å². The average molecular weight is 224 g/mol. The second-order valence-electron chi connectivity index (χ2n) is 4.33. The molecule has 4 heteroatoms. The van der Waals surface area contributed by atoms with Crippen LogP contribution < -0.4 is 4.74 Å². The van der Waals surface area contributed by atoms with Gasteiger partial charge in [0.25, 0.3) is 0 Å². The van der Waals surface area contributed by atoms with Gasteiger partial charge in [0.1, 0.15) is 12.4 Å². The summed E-state index contributed by atoms with van der Waals surface area (Å²) in [5.74, 6) is -0.492. The minimum atomic E-state index is -0.980. The Morgan fingerprint density at radius 1 is 1.44 bits per heavy atom. The second-order valence-corrected chi connectivity index (χ2v) is 4.33. The van der Waals surface area contributed by atoms with E-state index in [-0.39, 0.29) is 12.2 Å². The third kappa shape index (κ3) is 3.24. The van der Waals surface area contributed by atoms with Crippen LogP contribution in [-0.4, -0.2) is 28.4 Å². The number of rotatable bonds is 4. The maximum Gasteiger partial charge on any atom is 0.336 e. The highest BCUT2D eigenvalue weighted by molar-refractivity contribution is 5.90. The van der Waals surface area contributed by atoms with E-state index in [1.54, 1.807) is 32.9 Å². The van der Waals surface area contributed by atoms with Crippen molar-refractivity contribution in [3.05, 3.63) is 29.3 Å². The van der Waals surface area contributed by atoms with Crippen molar-refractivity contribution in [2.75, 3.05) is 6.61 Å². The molecule has 0 spiro atoms. The summed E-state index contributed by atoms with van der Waals surface area (Å²) >= 11 is 0. The zero-order chi connectivity index (χ0) is 12.3. The number of hydrogen-bond acceptors (Lipinski definition) is 3. The van der Waals surface area contributed by atoms with Crippen molar-refractivity contribution in [3.63, 3.8) is 0 Å². The average Bonchev–Trinajstić information content (AvgIpc) is 2.14. The van der Waals surface area contributed by atoms with Crippen LogP contribution in [0.15, 0.2) is 18.2 Å². The molecular formula is C12H16O4. The van der Waals surface area contributed by atoms with E-state index < -0.39 is 11.6 Å². The minimum Gasteiger partial charge on any atom is -0.490 e. The van der Waals surface area contributed by atoms with Gasteiger partial charge in [-0.2, -0.15) is 0 Å². The van der Waals surface area contributed by atoms with Crippen LogP contribution in [-0.2, 0) is 0 Å². The van der Waals surface area contributed by atoms with Gasteiger partial charge in [-0.1, -0.05) is 6.07 Å². The Hall–Kier alpha value is -1.55. The van der Waals surface area contributed by atoms with Gasteiger partial charge in [0, 0.05) is 5.56 Å². The Kier molecular flexibility index (Phi) is 3.55. The van der Waals surface area contributed by atoms with Gasteiger partial charge in [0.05, 0.1) is 11.2 Å². The lowest BCUT2D eigenvalue weighted by Gasteiger charge is -2.19. The summed E-state index contributed by atoms with van der Waals surface area (Å²) in [5.41, 5.74) is -0.154. The number of aromatic carboxylic acids is 1. The van der Waals surface area contributed by atoms with Gasteiger partial charge in [0.2, 0.25) is 0 Å². The molecule has 1 rings (SSSR count). The first-order valence-corrected chi connectivity index (χ1v) is 4.99. The highest BCUT2D eigenvalue weighted by Crippen LogP contribution is 2.22. The number of aliphatic hydroxyl groups is 1. The highest BCUT2D eigenvalue weighted by Gasteiger charge is 2.16.